The molecule has 1 atom stereocenters. The molecule has 0 aliphatic rings. The second kappa shape index (κ2) is 11.6. The van der Waals surface area contributed by atoms with Crippen LogP contribution in [-0.2, 0) is 10.0 Å². The number of nitrogens with one attached hydrogen (secondary N) is 2. The lowest BCUT2D eigenvalue weighted by Crippen LogP contribution is -2.42. The normalized spacial score (nSPS) is 12.8. The molecule has 202 valence electrons. The van der Waals surface area contributed by atoms with E-state index in [2.05, 4.69) is 45.8 Å². The number of pyridine rings is 1. The Morgan fingerprint density at radius 1 is 1.11 bits per heavy atom. The van der Waals surface area contributed by atoms with E-state index in [-0.39, 0.29) is 23.3 Å². The lowest BCUT2D eigenvalue weighted by atomic mass is 10.1. The highest BCUT2D eigenvalue weighted by Crippen LogP contribution is 2.28. The maximum atomic E-state index is 13.2. The summed E-state index contributed by atoms with van der Waals surface area (Å²) >= 11 is 1.58. The Kier molecular flexibility index (Phi) is 8.44. The zero-order valence-electron chi connectivity index (χ0n) is 22.2. The molecule has 4 rings (SSSR count). The van der Waals surface area contributed by atoms with Crippen LogP contribution in [-0.4, -0.2) is 69.7 Å². The first kappa shape index (κ1) is 27.7. The number of sulfonamides is 1. The van der Waals surface area contributed by atoms with E-state index in [9.17, 15) is 13.2 Å². The predicted octanol–water partition coefficient (Wildman–Crippen LogP) is 4.13. The fourth-order valence-corrected chi connectivity index (χ4v) is 5.37. The summed E-state index contributed by atoms with van der Waals surface area (Å²) in [6, 6.07) is 9.07. The molecule has 38 heavy (non-hydrogen) atoms. The molecule has 0 aromatic carbocycles. The van der Waals surface area contributed by atoms with E-state index >= 15 is 0 Å². The number of amides is 1. The van der Waals surface area contributed by atoms with Gasteiger partial charge < -0.3 is 5.32 Å². The molecule has 10 nitrogen and oxygen atoms in total. The average molecular weight is 556 g/mol. The van der Waals surface area contributed by atoms with E-state index in [0.29, 0.717) is 23.4 Å². The van der Waals surface area contributed by atoms with E-state index < -0.39 is 15.3 Å². The molecule has 0 saturated carbocycles. The second-order valence-electron chi connectivity index (χ2n) is 9.22. The van der Waals surface area contributed by atoms with Crippen molar-refractivity contribution in [3.63, 3.8) is 0 Å². The van der Waals surface area contributed by atoms with Gasteiger partial charge in [0.15, 0.2) is 5.65 Å². The number of carbonyl (C=O) groups excluding carboxylic acids is 1. The summed E-state index contributed by atoms with van der Waals surface area (Å²) in [5.74, 6) is -0.256. The van der Waals surface area contributed by atoms with Crippen LogP contribution in [0.4, 0.5) is 5.82 Å². The van der Waals surface area contributed by atoms with Crippen molar-refractivity contribution in [3.8, 4) is 21.8 Å². The number of fused-ring (bicyclic) bond motifs is 1. The third-order valence-corrected chi connectivity index (χ3v) is 8.99. The predicted molar refractivity (Wildman–Crippen MR) is 152 cm³/mol. The Morgan fingerprint density at radius 2 is 1.87 bits per heavy atom. The quantitative estimate of drug-likeness (QED) is 0.285. The molecule has 0 saturated heterocycles. The molecule has 1 amide bonds. The van der Waals surface area contributed by atoms with Crippen molar-refractivity contribution in [1.82, 2.24) is 29.8 Å². The molecule has 1 unspecified atom stereocenters. The van der Waals surface area contributed by atoms with Crippen molar-refractivity contribution in [2.75, 3.05) is 24.4 Å². The second-order valence-corrected chi connectivity index (χ2v) is 12.4. The van der Waals surface area contributed by atoms with Gasteiger partial charge in [-0.05, 0) is 63.5 Å². The molecule has 0 bridgehead atoms. The number of anilines is 1. The van der Waals surface area contributed by atoms with Gasteiger partial charge in [-0.25, -0.2) is 22.9 Å². The summed E-state index contributed by atoms with van der Waals surface area (Å²) in [5.41, 5.74) is 2.60. The van der Waals surface area contributed by atoms with Crippen LogP contribution in [0.2, 0.25) is 0 Å². The largest absolute Gasteiger partial charge is 0.350 e. The number of aromatic nitrogens is 4. The third kappa shape index (κ3) is 6.03. The van der Waals surface area contributed by atoms with Crippen molar-refractivity contribution in [2.24, 2.45) is 0 Å². The van der Waals surface area contributed by atoms with Crippen LogP contribution in [0.3, 0.4) is 0 Å². The summed E-state index contributed by atoms with van der Waals surface area (Å²) in [7, 11) is -3.69. The van der Waals surface area contributed by atoms with Gasteiger partial charge >= 0.3 is 0 Å². The average Bonchev–Trinajstić information content (AvgIpc) is 3.57. The van der Waals surface area contributed by atoms with E-state index in [1.54, 1.807) is 42.0 Å². The summed E-state index contributed by atoms with van der Waals surface area (Å²) in [6.07, 6.45) is 3.43. The van der Waals surface area contributed by atoms with Gasteiger partial charge in [-0.15, -0.1) is 11.3 Å². The number of rotatable bonds is 11. The lowest BCUT2D eigenvalue weighted by Gasteiger charge is -2.26. The highest BCUT2D eigenvalue weighted by atomic mass is 32.2. The highest BCUT2D eigenvalue weighted by Gasteiger charge is 2.21. The van der Waals surface area contributed by atoms with Gasteiger partial charge in [0.05, 0.1) is 33.3 Å². The van der Waals surface area contributed by atoms with Gasteiger partial charge in [-0.2, -0.15) is 5.10 Å². The molecular weight excluding hydrogens is 522 g/mol. The van der Waals surface area contributed by atoms with E-state index in [4.69, 9.17) is 4.98 Å². The molecule has 4 aromatic rings. The Hall–Kier alpha value is -3.35. The van der Waals surface area contributed by atoms with Crippen molar-refractivity contribution < 1.29 is 13.2 Å². The monoisotopic (exact) mass is 555 g/mol. The van der Waals surface area contributed by atoms with Crippen LogP contribution in [0.25, 0.3) is 27.5 Å². The number of likely N-dealkylation sites (N-methyl/N-ethyl adjacent to an activating group) is 1. The maximum absolute atomic E-state index is 13.2. The van der Waals surface area contributed by atoms with Crippen LogP contribution < -0.4 is 10.0 Å². The Balaban J connectivity index is 1.74. The molecule has 0 spiro atoms. The molecule has 4 aromatic heterocycles. The zero-order valence-corrected chi connectivity index (χ0v) is 23.8. The van der Waals surface area contributed by atoms with Gasteiger partial charge in [0.1, 0.15) is 5.82 Å². The first-order valence-corrected chi connectivity index (χ1v) is 15.0. The molecule has 2 N–H and O–H groups in total. The van der Waals surface area contributed by atoms with E-state index in [1.807, 2.05) is 29.8 Å². The van der Waals surface area contributed by atoms with Crippen molar-refractivity contribution in [1.29, 1.82) is 0 Å². The fourth-order valence-electron chi connectivity index (χ4n) is 4.05. The Morgan fingerprint density at radius 3 is 2.53 bits per heavy atom. The van der Waals surface area contributed by atoms with Gasteiger partial charge in [-0.1, -0.05) is 19.9 Å². The van der Waals surface area contributed by atoms with Gasteiger partial charge in [0, 0.05) is 24.3 Å². The van der Waals surface area contributed by atoms with Crippen molar-refractivity contribution >= 4 is 38.7 Å². The van der Waals surface area contributed by atoms with Crippen LogP contribution >= 0.6 is 11.3 Å². The van der Waals surface area contributed by atoms with Crippen LogP contribution in [0.1, 0.15) is 45.0 Å². The summed E-state index contributed by atoms with van der Waals surface area (Å²) in [4.78, 5) is 25.8. The number of hydrogen-bond donors (Lipinski definition) is 2. The number of carbonyl (C=O) groups is 1. The van der Waals surface area contributed by atoms with Gasteiger partial charge in [0.25, 0.3) is 5.91 Å². The molecular formula is C26H33N7O3S2. The van der Waals surface area contributed by atoms with Crippen molar-refractivity contribution in [3.05, 3.63) is 53.7 Å². The molecule has 4 heterocycles. The highest BCUT2D eigenvalue weighted by molar-refractivity contribution is 7.93. The first-order chi connectivity index (χ1) is 18.1. The molecule has 0 aliphatic heterocycles. The minimum Gasteiger partial charge on any atom is -0.350 e. The van der Waals surface area contributed by atoms with Crippen molar-refractivity contribution in [2.45, 2.75) is 45.9 Å². The minimum absolute atomic E-state index is 0.0619. The van der Waals surface area contributed by atoms with Crippen LogP contribution in [0.15, 0.2) is 48.1 Å². The SMILES string of the molecule is CCN(CC)C(C)CNC(=O)c1cc(NS(=O)(=O)C(C)C)nc(-c2cnn3ccc(-c4cccs4)nc23)c1. The van der Waals surface area contributed by atoms with Gasteiger partial charge in [-0.3, -0.25) is 14.4 Å². The summed E-state index contributed by atoms with van der Waals surface area (Å²) in [5, 5.41) is 8.68. The van der Waals surface area contributed by atoms with E-state index in [0.717, 1.165) is 23.7 Å². The molecule has 0 fully saturated rings. The zero-order chi connectivity index (χ0) is 27.4. The van der Waals surface area contributed by atoms with Gasteiger partial charge in [0.2, 0.25) is 10.0 Å². The number of hydrogen-bond acceptors (Lipinski definition) is 8. The Bertz CT molecular complexity index is 1510. The summed E-state index contributed by atoms with van der Waals surface area (Å²) in [6.45, 7) is 11.6. The number of thiophene rings is 1. The lowest BCUT2D eigenvalue weighted by molar-refractivity contribution is 0.0938. The fraction of sp³-hybridized carbons (Fsp3) is 0.385. The standard InChI is InChI=1S/C26H33N7O3S2/c1-6-32(7-2)18(5)15-27-26(34)19-13-22(29-24(14-19)31-38(35,36)17(3)4)20-16-28-33-11-10-21(30-25(20)33)23-9-8-12-37-23/h8-14,16-18H,6-7,15H2,1-5H3,(H,27,34)(H,29,31). The van der Waals surface area contributed by atoms with E-state index in [1.165, 1.54) is 6.07 Å². The van der Waals surface area contributed by atoms with Crippen LogP contribution in [0, 0.1) is 0 Å². The number of nitrogens with zero attached hydrogens (tertiary/aromatic N) is 5. The maximum Gasteiger partial charge on any atom is 0.251 e. The molecule has 0 radical (unpaired) electrons. The molecule has 12 heteroatoms. The smallest absolute Gasteiger partial charge is 0.251 e. The third-order valence-electron chi connectivity index (χ3n) is 6.37. The minimum atomic E-state index is -3.69. The first-order valence-electron chi connectivity index (χ1n) is 12.6. The Labute approximate surface area is 227 Å². The topological polar surface area (TPSA) is 122 Å². The summed E-state index contributed by atoms with van der Waals surface area (Å²) < 4.78 is 29.4. The molecule has 0 aliphatic carbocycles. The van der Waals surface area contributed by atoms with Crippen LogP contribution in [0.5, 0.6) is 0 Å².